The third-order valence-electron chi connectivity index (χ3n) is 3.24. The van der Waals surface area contributed by atoms with Crippen molar-refractivity contribution in [2.45, 2.75) is 37.5 Å². The zero-order valence-electron chi connectivity index (χ0n) is 9.13. The minimum atomic E-state index is -0.546. The Hall–Kier alpha value is -1.36. The van der Waals surface area contributed by atoms with Gasteiger partial charge < -0.3 is 14.7 Å². The maximum atomic E-state index is 11.7. The summed E-state index contributed by atoms with van der Waals surface area (Å²) in [6, 6.07) is -0.828. The lowest BCUT2D eigenvalue weighted by atomic mass is 9.89. The molecule has 5 nitrogen and oxygen atoms in total. The van der Waals surface area contributed by atoms with E-state index in [2.05, 4.69) is 4.74 Å². The Kier molecular flexibility index (Phi) is 2.96. The van der Waals surface area contributed by atoms with Gasteiger partial charge in [0.15, 0.2) is 0 Å². The molecule has 0 radical (unpaired) electrons. The van der Waals surface area contributed by atoms with E-state index in [9.17, 15) is 14.7 Å². The summed E-state index contributed by atoms with van der Waals surface area (Å²) in [5.74, 6) is -0.619. The molecule has 0 unspecified atom stereocenters. The number of hydrogen-bond donors (Lipinski definition) is 1. The third kappa shape index (κ3) is 1.71. The molecule has 2 rings (SSSR count). The molecule has 1 fully saturated rings. The largest absolute Gasteiger partial charge is 0.467 e. The average molecular weight is 225 g/mol. The molecule has 1 saturated heterocycles. The standard InChI is InChI=1S/C11H15NO4/c1-16-11(15)8-5-6-9(13)7-3-2-4-10(14)12(7)8/h2,4,7-9,13H,3,5-6H2,1H3/t7-,8-,9+/m0/s1. The van der Waals surface area contributed by atoms with Crippen LogP contribution in [-0.2, 0) is 14.3 Å². The second kappa shape index (κ2) is 4.25. The quantitative estimate of drug-likeness (QED) is 0.630. The number of carbonyl (C=O) groups excluding carboxylic acids is 2. The number of esters is 1. The van der Waals surface area contributed by atoms with Gasteiger partial charge in [-0.3, -0.25) is 4.79 Å². The molecule has 0 aromatic rings. The van der Waals surface area contributed by atoms with Gasteiger partial charge in [-0.15, -0.1) is 0 Å². The van der Waals surface area contributed by atoms with Gasteiger partial charge in [0, 0.05) is 0 Å². The van der Waals surface area contributed by atoms with Gasteiger partial charge in [0.25, 0.3) is 0 Å². The van der Waals surface area contributed by atoms with Crippen LogP contribution in [0.25, 0.3) is 0 Å². The third-order valence-corrected chi connectivity index (χ3v) is 3.24. The van der Waals surface area contributed by atoms with E-state index >= 15 is 0 Å². The molecule has 1 N–H and O–H groups in total. The predicted octanol–water partition coefficient (Wildman–Crippen LogP) is -0.160. The van der Waals surface area contributed by atoms with Crippen LogP contribution in [0.1, 0.15) is 19.3 Å². The van der Waals surface area contributed by atoms with Crippen LogP contribution in [0.3, 0.4) is 0 Å². The van der Waals surface area contributed by atoms with E-state index in [4.69, 9.17) is 0 Å². The summed E-state index contributed by atoms with van der Waals surface area (Å²) in [6.07, 6.45) is 4.23. The van der Waals surface area contributed by atoms with Crippen molar-refractivity contribution in [2.75, 3.05) is 7.11 Å². The number of hydrogen-bond acceptors (Lipinski definition) is 4. The van der Waals surface area contributed by atoms with Gasteiger partial charge in [-0.05, 0) is 25.3 Å². The highest BCUT2D eigenvalue weighted by molar-refractivity contribution is 5.92. The first kappa shape index (κ1) is 11.1. The summed E-state index contributed by atoms with van der Waals surface area (Å²) in [5, 5.41) is 9.81. The van der Waals surface area contributed by atoms with Gasteiger partial charge in [0.05, 0.1) is 19.3 Å². The fraction of sp³-hybridized carbons (Fsp3) is 0.636. The van der Waals surface area contributed by atoms with E-state index < -0.39 is 18.1 Å². The van der Waals surface area contributed by atoms with Crippen molar-refractivity contribution in [3.05, 3.63) is 12.2 Å². The number of nitrogens with zero attached hydrogens (tertiary/aromatic N) is 1. The Morgan fingerprint density at radius 2 is 2.31 bits per heavy atom. The molecular formula is C11H15NO4. The van der Waals surface area contributed by atoms with Crippen LogP contribution in [0.2, 0.25) is 0 Å². The van der Waals surface area contributed by atoms with Crippen LogP contribution in [0, 0.1) is 0 Å². The predicted molar refractivity (Wildman–Crippen MR) is 55.4 cm³/mol. The van der Waals surface area contributed by atoms with Crippen molar-refractivity contribution < 1.29 is 19.4 Å². The lowest BCUT2D eigenvalue weighted by Gasteiger charge is -2.44. The van der Waals surface area contributed by atoms with E-state index in [1.807, 2.05) is 0 Å². The van der Waals surface area contributed by atoms with Crippen LogP contribution < -0.4 is 0 Å². The lowest BCUT2D eigenvalue weighted by Crippen LogP contribution is -2.59. The zero-order chi connectivity index (χ0) is 11.7. The number of aliphatic hydroxyl groups is 1. The molecule has 2 heterocycles. The molecule has 0 saturated carbocycles. The van der Waals surface area contributed by atoms with Crippen molar-refractivity contribution in [3.63, 3.8) is 0 Å². The Balaban J connectivity index is 2.26. The highest BCUT2D eigenvalue weighted by Crippen LogP contribution is 2.29. The van der Waals surface area contributed by atoms with Gasteiger partial charge in [0.1, 0.15) is 6.04 Å². The highest BCUT2D eigenvalue weighted by Gasteiger charge is 2.43. The molecule has 1 amide bonds. The molecule has 3 atom stereocenters. The Labute approximate surface area is 93.7 Å². The number of methoxy groups -OCH3 is 1. The van der Waals surface area contributed by atoms with Crippen LogP contribution in [0.15, 0.2) is 12.2 Å². The maximum absolute atomic E-state index is 11.7. The highest BCUT2D eigenvalue weighted by atomic mass is 16.5. The molecule has 0 aliphatic carbocycles. The van der Waals surface area contributed by atoms with E-state index in [-0.39, 0.29) is 11.9 Å². The van der Waals surface area contributed by atoms with Gasteiger partial charge in [0.2, 0.25) is 5.91 Å². The topological polar surface area (TPSA) is 66.8 Å². The Bertz CT molecular complexity index is 339. The Morgan fingerprint density at radius 1 is 1.56 bits per heavy atom. The van der Waals surface area contributed by atoms with E-state index in [0.29, 0.717) is 19.3 Å². The van der Waals surface area contributed by atoms with E-state index in [1.54, 1.807) is 6.08 Å². The number of aliphatic hydroxyl groups excluding tert-OH is 1. The van der Waals surface area contributed by atoms with Crippen LogP contribution in [0.4, 0.5) is 0 Å². The summed E-state index contributed by atoms with van der Waals surface area (Å²) < 4.78 is 4.68. The zero-order valence-corrected chi connectivity index (χ0v) is 9.13. The van der Waals surface area contributed by atoms with Crippen molar-refractivity contribution in [1.29, 1.82) is 0 Å². The fourth-order valence-corrected chi connectivity index (χ4v) is 2.43. The molecule has 16 heavy (non-hydrogen) atoms. The average Bonchev–Trinajstić information content (AvgIpc) is 2.30. The number of carbonyl (C=O) groups is 2. The van der Waals surface area contributed by atoms with E-state index in [1.165, 1.54) is 18.1 Å². The summed E-state index contributed by atoms with van der Waals surface area (Å²) in [4.78, 5) is 24.7. The molecule has 0 bridgehead atoms. The summed E-state index contributed by atoms with van der Waals surface area (Å²) in [7, 11) is 1.31. The van der Waals surface area contributed by atoms with E-state index in [0.717, 1.165) is 0 Å². The van der Waals surface area contributed by atoms with Crippen molar-refractivity contribution in [3.8, 4) is 0 Å². The first-order valence-electron chi connectivity index (χ1n) is 5.40. The maximum Gasteiger partial charge on any atom is 0.328 e. The molecule has 0 aromatic heterocycles. The second-order valence-electron chi connectivity index (χ2n) is 4.13. The number of fused-ring (bicyclic) bond motifs is 1. The number of amides is 1. The van der Waals surface area contributed by atoms with Crippen LogP contribution >= 0.6 is 0 Å². The smallest absolute Gasteiger partial charge is 0.328 e. The number of ether oxygens (including phenoxy) is 1. The molecule has 2 aliphatic rings. The molecule has 88 valence electrons. The first-order valence-corrected chi connectivity index (χ1v) is 5.40. The molecule has 2 aliphatic heterocycles. The van der Waals surface area contributed by atoms with Crippen molar-refractivity contribution >= 4 is 11.9 Å². The summed E-state index contributed by atoms with van der Waals surface area (Å²) in [6.45, 7) is 0. The summed E-state index contributed by atoms with van der Waals surface area (Å²) in [5.41, 5.74) is 0. The second-order valence-corrected chi connectivity index (χ2v) is 4.13. The van der Waals surface area contributed by atoms with Crippen LogP contribution in [0.5, 0.6) is 0 Å². The van der Waals surface area contributed by atoms with Gasteiger partial charge in [-0.2, -0.15) is 0 Å². The Morgan fingerprint density at radius 3 is 3.00 bits per heavy atom. The van der Waals surface area contributed by atoms with Gasteiger partial charge in [-0.1, -0.05) is 6.08 Å². The molecule has 5 heteroatoms. The molecule has 0 aromatic carbocycles. The van der Waals surface area contributed by atoms with Gasteiger partial charge in [-0.25, -0.2) is 4.79 Å². The molecular weight excluding hydrogens is 210 g/mol. The normalized spacial score (nSPS) is 33.5. The summed E-state index contributed by atoms with van der Waals surface area (Å²) >= 11 is 0. The van der Waals surface area contributed by atoms with Crippen molar-refractivity contribution in [1.82, 2.24) is 4.90 Å². The number of rotatable bonds is 1. The minimum absolute atomic E-state index is 0.217. The van der Waals surface area contributed by atoms with Gasteiger partial charge >= 0.3 is 5.97 Å². The molecule has 0 spiro atoms. The van der Waals surface area contributed by atoms with Crippen LogP contribution in [-0.4, -0.2) is 47.2 Å². The number of piperidine rings is 1. The minimum Gasteiger partial charge on any atom is -0.467 e. The monoisotopic (exact) mass is 225 g/mol. The fourth-order valence-electron chi connectivity index (χ4n) is 2.43. The van der Waals surface area contributed by atoms with Crippen molar-refractivity contribution in [2.24, 2.45) is 0 Å². The lowest BCUT2D eigenvalue weighted by molar-refractivity contribution is -0.160. The first-order chi connectivity index (χ1) is 7.65. The SMILES string of the molecule is COC(=O)[C@@H]1CC[C@@H](O)[C@@H]2CC=CC(=O)N12.